The van der Waals surface area contributed by atoms with E-state index in [-0.39, 0.29) is 5.60 Å². The Labute approximate surface area is 120 Å². The third-order valence-electron chi connectivity index (χ3n) is 3.49. The standard InChI is InChI=1S/C16H23NO3/c1-16(2,3)20-9-8-17-7-6-12-4-5-13(15(18)19)10-14(12)11-17/h4-5,10H,6-9,11H2,1-3H3,(H,18,19). The van der Waals surface area contributed by atoms with E-state index < -0.39 is 5.97 Å². The molecule has 2 rings (SSSR count). The van der Waals surface area contributed by atoms with Crippen molar-refractivity contribution in [1.82, 2.24) is 4.90 Å². The van der Waals surface area contributed by atoms with Crippen molar-refractivity contribution in [2.24, 2.45) is 0 Å². The lowest BCUT2D eigenvalue weighted by atomic mass is 9.97. The van der Waals surface area contributed by atoms with Crippen LogP contribution in [0.3, 0.4) is 0 Å². The van der Waals surface area contributed by atoms with E-state index in [1.165, 1.54) is 5.56 Å². The van der Waals surface area contributed by atoms with Crippen LogP contribution in [-0.2, 0) is 17.7 Å². The number of carboxylic acids is 1. The van der Waals surface area contributed by atoms with Gasteiger partial charge < -0.3 is 9.84 Å². The van der Waals surface area contributed by atoms with Crippen molar-refractivity contribution < 1.29 is 14.6 Å². The molecule has 0 amide bonds. The number of benzene rings is 1. The molecule has 0 atom stereocenters. The largest absolute Gasteiger partial charge is 0.478 e. The van der Waals surface area contributed by atoms with Crippen molar-refractivity contribution in [1.29, 1.82) is 0 Å². The van der Waals surface area contributed by atoms with Crippen LogP contribution in [0.2, 0.25) is 0 Å². The predicted octanol–water partition coefficient (Wildman–Crippen LogP) is 2.56. The molecular weight excluding hydrogens is 254 g/mol. The number of rotatable bonds is 4. The van der Waals surface area contributed by atoms with Gasteiger partial charge in [0, 0.05) is 19.6 Å². The summed E-state index contributed by atoms with van der Waals surface area (Å²) in [7, 11) is 0. The van der Waals surface area contributed by atoms with Gasteiger partial charge in [-0.15, -0.1) is 0 Å². The van der Waals surface area contributed by atoms with Crippen molar-refractivity contribution in [3.05, 3.63) is 34.9 Å². The Morgan fingerprint density at radius 2 is 2.10 bits per heavy atom. The Hall–Kier alpha value is -1.39. The van der Waals surface area contributed by atoms with Crippen LogP contribution in [0.15, 0.2) is 18.2 Å². The second-order valence-corrected chi connectivity index (χ2v) is 6.28. The summed E-state index contributed by atoms with van der Waals surface area (Å²) >= 11 is 0. The summed E-state index contributed by atoms with van der Waals surface area (Å²) in [6, 6.07) is 5.44. The van der Waals surface area contributed by atoms with Gasteiger partial charge in [0.2, 0.25) is 0 Å². The van der Waals surface area contributed by atoms with E-state index in [9.17, 15) is 4.79 Å². The average molecular weight is 277 g/mol. The van der Waals surface area contributed by atoms with Crippen LogP contribution in [-0.4, -0.2) is 41.3 Å². The molecule has 1 heterocycles. The van der Waals surface area contributed by atoms with Crippen molar-refractivity contribution in [2.75, 3.05) is 19.7 Å². The molecular formula is C16H23NO3. The summed E-state index contributed by atoms with van der Waals surface area (Å²) in [6.07, 6.45) is 0.977. The van der Waals surface area contributed by atoms with E-state index in [1.54, 1.807) is 12.1 Å². The molecule has 1 aliphatic rings. The van der Waals surface area contributed by atoms with Crippen LogP contribution in [0.25, 0.3) is 0 Å². The maximum atomic E-state index is 11.0. The number of carbonyl (C=O) groups is 1. The number of ether oxygens (including phenoxy) is 1. The van der Waals surface area contributed by atoms with Gasteiger partial charge in [0.15, 0.2) is 0 Å². The normalized spacial score (nSPS) is 15.9. The highest BCUT2D eigenvalue weighted by Gasteiger charge is 2.18. The summed E-state index contributed by atoms with van der Waals surface area (Å²) < 4.78 is 5.75. The number of carboxylic acid groups (broad SMARTS) is 1. The Balaban J connectivity index is 1.95. The molecule has 0 spiro atoms. The van der Waals surface area contributed by atoms with Crippen molar-refractivity contribution in [3.8, 4) is 0 Å². The van der Waals surface area contributed by atoms with E-state index >= 15 is 0 Å². The van der Waals surface area contributed by atoms with Crippen molar-refractivity contribution in [2.45, 2.75) is 39.3 Å². The van der Waals surface area contributed by atoms with Gasteiger partial charge in [-0.2, -0.15) is 0 Å². The van der Waals surface area contributed by atoms with E-state index in [0.29, 0.717) is 12.2 Å². The van der Waals surface area contributed by atoms with Gasteiger partial charge in [-0.05, 0) is 50.5 Å². The molecule has 0 saturated heterocycles. The van der Waals surface area contributed by atoms with Crippen LogP contribution in [0.4, 0.5) is 0 Å². The molecule has 0 radical (unpaired) electrons. The quantitative estimate of drug-likeness (QED) is 0.919. The minimum absolute atomic E-state index is 0.107. The third-order valence-corrected chi connectivity index (χ3v) is 3.49. The Morgan fingerprint density at radius 1 is 1.35 bits per heavy atom. The van der Waals surface area contributed by atoms with Gasteiger partial charge in [-0.1, -0.05) is 6.07 Å². The second-order valence-electron chi connectivity index (χ2n) is 6.28. The monoisotopic (exact) mass is 277 g/mol. The van der Waals surface area contributed by atoms with Crippen molar-refractivity contribution >= 4 is 5.97 Å². The summed E-state index contributed by atoms with van der Waals surface area (Å²) in [5.74, 6) is -0.860. The fourth-order valence-electron chi connectivity index (χ4n) is 2.42. The first-order valence-corrected chi connectivity index (χ1v) is 7.06. The molecule has 4 nitrogen and oxygen atoms in total. The first-order chi connectivity index (χ1) is 9.35. The van der Waals surface area contributed by atoms with Gasteiger partial charge in [0.05, 0.1) is 17.8 Å². The molecule has 0 bridgehead atoms. The molecule has 1 N–H and O–H groups in total. The van der Waals surface area contributed by atoms with Crippen LogP contribution >= 0.6 is 0 Å². The summed E-state index contributed by atoms with van der Waals surface area (Å²) in [4.78, 5) is 13.3. The zero-order valence-electron chi connectivity index (χ0n) is 12.5. The molecule has 20 heavy (non-hydrogen) atoms. The van der Waals surface area contributed by atoms with Gasteiger partial charge >= 0.3 is 5.97 Å². The fourth-order valence-corrected chi connectivity index (χ4v) is 2.42. The summed E-state index contributed by atoms with van der Waals surface area (Å²) in [6.45, 7) is 9.56. The lowest BCUT2D eigenvalue weighted by Gasteiger charge is -2.30. The zero-order valence-corrected chi connectivity index (χ0v) is 12.5. The van der Waals surface area contributed by atoms with Crippen molar-refractivity contribution in [3.63, 3.8) is 0 Å². The maximum absolute atomic E-state index is 11.0. The lowest BCUT2D eigenvalue weighted by molar-refractivity contribution is -0.0144. The molecule has 0 unspecified atom stereocenters. The molecule has 1 aromatic rings. The minimum Gasteiger partial charge on any atom is -0.478 e. The summed E-state index contributed by atoms with van der Waals surface area (Å²) in [5, 5.41) is 9.05. The molecule has 110 valence electrons. The van der Waals surface area contributed by atoms with E-state index in [2.05, 4.69) is 25.7 Å². The average Bonchev–Trinajstić information content (AvgIpc) is 2.36. The van der Waals surface area contributed by atoms with Crippen LogP contribution in [0, 0.1) is 0 Å². The number of fused-ring (bicyclic) bond motifs is 1. The first-order valence-electron chi connectivity index (χ1n) is 7.06. The number of hydrogen-bond acceptors (Lipinski definition) is 3. The molecule has 0 aromatic heterocycles. The molecule has 0 aliphatic carbocycles. The zero-order chi connectivity index (χ0) is 14.8. The Bertz CT molecular complexity index is 491. The van der Waals surface area contributed by atoms with E-state index in [4.69, 9.17) is 9.84 Å². The van der Waals surface area contributed by atoms with Crippen LogP contribution < -0.4 is 0 Å². The van der Waals surface area contributed by atoms with Gasteiger partial charge in [-0.25, -0.2) is 4.79 Å². The highest BCUT2D eigenvalue weighted by Crippen LogP contribution is 2.20. The Morgan fingerprint density at radius 3 is 2.75 bits per heavy atom. The first kappa shape index (κ1) is 15.0. The number of aromatic carboxylic acids is 1. The van der Waals surface area contributed by atoms with E-state index in [0.717, 1.165) is 31.6 Å². The fraction of sp³-hybridized carbons (Fsp3) is 0.562. The van der Waals surface area contributed by atoms with E-state index in [1.807, 2.05) is 6.07 Å². The summed E-state index contributed by atoms with van der Waals surface area (Å²) in [5.41, 5.74) is 2.66. The number of nitrogens with zero attached hydrogens (tertiary/aromatic N) is 1. The highest BCUT2D eigenvalue weighted by atomic mass is 16.5. The molecule has 1 aromatic carbocycles. The molecule has 4 heteroatoms. The second kappa shape index (κ2) is 5.94. The van der Waals surface area contributed by atoms with Crippen LogP contribution in [0.1, 0.15) is 42.3 Å². The smallest absolute Gasteiger partial charge is 0.335 e. The Kier molecular flexibility index (Phi) is 4.45. The predicted molar refractivity (Wildman–Crippen MR) is 78.1 cm³/mol. The van der Waals surface area contributed by atoms with Crippen LogP contribution in [0.5, 0.6) is 0 Å². The third kappa shape index (κ3) is 4.05. The molecule has 0 saturated carbocycles. The van der Waals surface area contributed by atoms with Gasteiger partial charge in [0.25, 0.3) is 0 Å². The van der Waals surface area contributed by atoms with Gasteiger partial charge in [0.1, 0.15) is 0 Å². The topological polar surface area (TPSA) is 49.8 Å². The highest BCUT2D eigenvalue weighted by molar-refractivity contribution is 5.87. The minimum atomic E-state index is -0.860. The van der Waals surface area contributed by atoms with Gasteiger partial charge in [-0.3, -0.25) is 4.90 Å². The molecule has 1 aliphatic heterocycles. The molecule has 0 fully saturated rings. The maximum Gasteiger partial charge on any atom is 0.335 e. The SMILES string of the molecule is CC(C)(C)OCCN1CCc2ccc(C(=O)O)cc2C1. The lowest BCUT2D eigenvalue weighted by Crippen LogP contribution is -2.35. The number of hydrogen-bond donors (Lipinski definition) is 1.